The molecule has 0 radical (unpaired) electrons. The lowest BCUT2D eigenvalue weighted by atomic mass is 9.97. The molecular formula is C21H25N3O7S. The van der Waals surface area contributed by atoms with Crippen LogP contribution in [-0.2, 0) is 35.1 Å². The van der Waals surface area contributed by atoms with Gasteiger partial charge in [0.05, 0.1) is 24.2 Å². The molecule has 1 fully saturated rings. The van der Waals surface area contributed by atoms with Gasteiger partial charge in [-0.25, -0.2) is 0 Å². The van der Waals surface area contributed by atoms with E-state index in [2.05, 4.69) is 10.0 Å². The molecule has 0 spiro atoms. The minimum Gasteiger partial charge on any atom is -0.388 e. The van der Waals surface area contributed by atoms with Gasteiger partial charge in [0.1, 0.15) is 18.2 Å². The van der Waals surface area contributed by atoms with E-state index in [0.29, 0.717) is 0 Å². The first kappa shape index (κ1) is 24.1. The summed E-state index contributed by atoms with van der Waals surface area (Å²) in [4.78, 5) is 2.79. The lowest BCUT2D eigenvalue weighted by Gasteiger charge is -2.42. The minimum absolute atomic E-state index is 0.0134. The molecule has 1 aliphatic rings. The molecule has 2 aromatic carbocycles. The van der Waals surface area contributed by atoms with Gasteiger partial charge in [-0.3, -0.25) is 4.18 Å². The zero-order chi connectivity index (χ0) is 23.1. The molecule has 0 amide bonds. The Bertz CT molecular complexity index is 1030. The molecule has 1 saturated heterocycles. The first-order chi connectivity index (χ1) is 15.4. The van der Waals surface area contributed by atoms with E-state index in [4.69, 9.17) is 23.9 Å². The van der Waals surface area contributed by atoms with Crippen LogP contribution in [0.2, 0.25) is 0 Å². The van der Waals surface area contributed by atoms with Crippen LogP contribution in [0.5, 0.6) is 0 Å². The average Bonchev–Trinajstić information content (AvgIpc) is 2.79. The van der Waals surface area contributed by atoms with Crippen LogP contribution in [0.25, 0.3) is 10.4 Å². The van der Waals surface area contributed by atoms with Gasteiger partial charge in [0.25, 0.3) is 10.1 Å². The third-order valence-corrected chi connectivity index (χ3v) is 6.34. The number of aliphatic hydroxyl groups excluding tert-OH is 1. The summed E-state index contributed by atoms with van der Waals surface area (Å²) in [7, 11) is -2.73. The van der Waals surface area contributed by atoms with E-state index in [1.165, 1.54) is 19.2 Å². The maximum atomic E-state index is 12.5. The molecule has 1 heterocycles. The molecule has 5 atom stereocenters. The zero-order valence-corrected chi connectivity index (χ0v) is 18.5. The third-order valence-electron chi connectivity index (χ3n) is 5.04. The zero-order valence-electron chi connectivity index (χ0n) is 17.6. The molecule has 0 unspecified atom stereocenters. The molecule has 0 aliphatic carbocycles. The van der Waals surface area contributed by atoms with Crippen LogP contribution in [-0.4, -0.2) is 57.9 Å². The number of aliphatic hydroxyl groups is 1. The lowest BCUT2D eigenvalue weighted by Crippen LogP contribution is -2.59. The summed E-state index contributed by atoms with van der Waals surface area (Å²) >= 11 is 0. The maximum Gasteiger partial charge on any atom is 0.297 e. The Hall–Kier alpha value is -2.50. The number of benzene rings is 2. The highest BCUT2D eigenvalue weighted by Crippen LogP contribution is 2.28. The van der Waals surface area contributed by atoms with Crippen LogP contribution in [0.4, 0.5) is 0 Å². The van der Waals surface area contributed by atoms with E-state index in [0.717, 1.165) is 11.1 Å². The van der Waals surface area contributed by atoms with E-state index in [1.54, 1.807) is 12.1 Å². The Balaban J connectivity index is 1.75. The molecule has 0 aromatic heterocycles. The first-order valence-electron chi connectivity index (χ1n) is 9.88. The summed E-state index contributed by atoms with van der Waals surface area (Å²) in [5, 5.41) is 14.5. The number of nitrogens with zero attached hydrogens (tertiary/aromatic N) is 3. The predicted octanol–water partition coefficient (Wildman–Crippen LogP) is 2.70. The monoisotopic (exact) mass is 463 g/mol. The predicted molar refractivity (Wildman–Crippen MR) is 114 cm³/mol. The number of rotatable bonds is 9. The van der Waals surface area contributed by atoms with Crippen LogP contribution in [0, 0.1) is 6.92 Å². The van der Waals surface area contributed by atoms with Crippen molar-refractivity contribution in [2.45, 2.75) is 49.1 Å². The summed E-state index contributed by atoms with van der Waals surface area (Å²) in [6.45, 7) is 1.49. The highest BCUT2D eigenvalue weighted by Gasteiger charge is 2.46. The van der Waals surface area contributed by atoms with Crippen molar-refractivity contribution in [1.29, 1.82) is 0 Å². The number of ether oxygens (including phenoxy) is 3. The molecule has 1 N–H and O–H groups in total. The van der Waals surface area contributed by atoms with E-state index < -0.39 is 47.4 Å². The van der Waals surface area contributed by atoms with Crippen LogP contribution in [0.1, 0.15) is 11.1 Å². The van der Waals surface area contributed by atoms with Gasteiger partial charge in [0.2, 0.25) is 0 Å². The molecule has 32 heavy (non-hydrogen) atoms. The minimum atomic E-state index is -4.08. The van der Waals surface area contributed by atoms with Crippen molar-refractivity contribution in [2.24, 2.45) is 5.11 Å². The summed E-state index contributed by atoms with van der Waals surface area (Å²) in [6.07, 6.45) is -4.52. The highest BCUT2D eigenvalue weighted by molar-refractivity contribution is 7.86. The first-order valence-corrected chi connectivity index (χ1v) is 11.3. The van der Waals surface area contributed by atoms with Crippen molar-refractivity contribution in [3.8, 4) is 0 Å². The van der Waals surface area contributed by atoms with Gasteiger partial charge in [0.15, 0.2) is 6.29 Å². The maximum absolute atomic E-state index is 12.5. The Morgan fingerprint density at radius 1 is 1.16 bits per heavy atom. The van der Waals surface area contributed by atoms with Gasteiger partial charge in [0, 0.05) is 12.0 Å². The molecule has 11 heteroatoms. The van der Waals surface area contributed by atoms with Gasteiger partial charge in [-0.1, -0.05) is 53.1 Å². The van der Waals surface area contributed by atoms with E-state index >= 15 is 0 Å². The molecule has 2 aromatic rings. The van der Waals surface area contributed by atoms with Crippen LogP contribution in [0.3, 0.4) is 0 Å². The molecule has 1 aliphatic heterocycles. The van der Waals surface area contributed by atoms with Crippen LogP contribution in [0.15, 0.2) is 64.6 Å². The van der Waals surface area contributed by atoms with Gasteiger partial charge in [-0.2, -0.15) is 8.42 Å². The Labute approximate surface area is 186 Å². The van der Waals surface area contributed by atoms with Crippen molar-refractivity contribution in [2.75, 3.05) is 13.7 Å². The fourth-order valence-electron chi connectivity index (χ4n) is 3.31. The summed E-state index contributed by atoms with van der Waals surface area (Å²) in [5.74, 6) is 0. The summed E-state index contributed by atoms with van der Waals surface area (Å²) in [6, 6.07) is 14.4. The second-order valence-corrected chi connectivity index (χ2v) is 8.89. The van der Waals surface area contributed by atoms with Crippen molar-refractivity contribution >= 4 is 10.1 Å². The second kappa shape index (κ2) is 10.9. The smallest absolute Gasteiger partial charge is 0.297 e. The molecule has 0 bridgehead atoms. The number of methoxy groups -OCH3 is 1. The molecule has 3 rings (SSSR count). The number of hydrogen-bond donors (Lipinski definition) is 1. The molecule has 10 nitrogen and oxygen atoms in total. The number of azide groups is 1. The van der Waals surface area contributed by atoms with Crippen molar-refractivity contribution in [3.05, 3.63) is 76.2 Å². The van der Waals surface area contributed by atoms with E-state index in [-0.39, 0.29) is 11.5 Å². The van der Waals surface area contributed by atoms with Crippen molar-refractivity contribution in [3.63, 3.8) is 0 Å². The molecular weight excluding hydrogens is 438 g/mol. The van der Waals surface area contributed by atoms with Gasteiger partial charge in [-0.05, 0) is 30.2 Å². The summed E-state index contributed by atoms with van der Waals surface area (Å²) < 4.78 is 46.9. The fraction of sp³-hybridized carbons (Fsp3) is 0.429. The van der Waals surface area contributed by atoms with Crippen LogP contribution < -0.4 is 0 Å². The normalized spacial score (nSPS) is 25.8. The van der Waals surface area contributed by atoms with E-state index in [1.807, 2.05) is 37.3 Å². The van der Waals surface area contributed by atoms with Gasteiger partial charge >= 0.3 is 0 Å². The lowest BCUT2D eigenvalue weighted by molar-refractivity contribution is -0.265. The largest absolute Gasteiger partial charge is 0.388 e. The highest BCUT2D eigenvalue weighted by atomic mass is 32.2. The fourth-order valence-corrected chi connectivity index (χ4v) is 4.23. The number of hydrogen-bond acceptors (Lipinski definition) is 8. The summed E-state index contributed by atoms with van der Waals surface area (Å²) in [5.41, 5.74) is 10.7. The van der Waals surface area contributed by atoms with Crippen LogP contribution >= 0.6 is 0 Å². The second-order valence-electron chi connectivity index (χ2n) is 7.28. The third kappa shape index (κ3) is 5.84. The molecule has 172 valence electrons. The number of aryl methyl sites for hydroxylation is 1. The Kier molecular flexibility index (Phi) is 8.21. The van der Waals surface area contributed by atoms with Gasteiger partial charge in [-0.15, -0.1) is 0 Å². The van der Waals surface area contributed by atoms with Crippen molar-refractivity contribution < 1.29 is 31.9 Å². The Morgan fingerprint density at radius 2 is 1.84 bits per heavy atom. The topological polar surface area (TPSA) is 140 Å². The quantitative estimate of drug-likeness (QED) is 0.261. The SMILES string of the molecule is CO[C@H]1O[C@H](COS(=O)(=O)c2ccc(C)cc2)[C@@H](O)[C@H](OCc2ccccc2)[C@H]1N=[N+]=[N-]. The van der Waals surface area contributed by atoms with Gasteiger partial charge < -0.3 is 19.3 Å². The van der Waals surface area contributed by atoms with Crippen molar-refractivity contribution in [1.82, 2.24) is 0 Å². The Morgan fingerprint density at radius 3 is 2.47 bits per heavy atom. The molecule has 0 saturated carbocycles. The standard InChI is InChI=1S/C21H25N3O7S/c1-14-8-10-16(11-9-14)32(26,27)30-13-17-19(25)20(18(23-24-22)21(28-2)31-17)29-12-15-6-4-3-5-7-15/h3-11,17-21,25H,12-13H2,1-2H3/t17-,18-,19-,20-,21+/m1/s1. The van der Waals surface area contributed by atoms with E-state index in [9.17, 15) is 13.5 Å². The average molecular weight is 464 g/mol.